The molecule has 0 radical (unpaired) electrons. The molecule has 0 saturated heterocycles. The van der Waals surface area contributed by atoms with Crippen LogP contribution in [0.1, 0.15) is 12.8 Å². The standard InChI is InChI=1S/C21H19N7O2/c29-18-9-4-8-16(12-18)20-22-13-17(14-23-20)24-19(30)10-5-11-28-26-21(25-27-28)15-6-2-1-3-7-15/h1-4,6-9,12-14,29H,5,10-11H2,(H,24,30). The van der Waals surface area contributed by atoms with Gasteiger partial charge in [-0.05, 0) is 23.8 Å². The lowest BCUT2D eigenvalue weighted by molar-refractivity contribution is -0.116. The molecule has 0 aliphatic rings. The summed E-state index contributed by atoms with van der Waals surface area (Å²) in [5.41, 5.74) is 2.10. The molecule has 2 N–H and O–H groups in total. The number of rotatable bonds is 7. The highest BCUT2D eigenvalue weighted by Crippen LogP contribution is 2.20. The summed E-state index contributed by atoms with van der Waals surface area (Å²) >= 11 is 0. The van der Waals surface area contributed by atoms with E-state index in [2.05, 4.69) is 30.7 Å². The number of hydrogen-bond donors (Lipinski definition) is 2. The zero-order chi connectivity index (χ0) is 20.8. The predicted molar refractivity (Wildman–Crippen MR) is 110 cm³/mol. The Morgan fingerprint density at radius 1 is 0.967 bits per heavy atom. The largest absolute Gasteiger partial charge is 0.508 e. The smallest absolute Gasteiger partial charge is 0.224 e. The van der Waals surface area contributed by atoms with Crippen molar-refractivity contribution >= 4 is 11.6 Å². The molecule has 4 aromatic rings. The number of phenolic OH excluding ortho intramolecular Hbond substituents is 1. The van der Waals surface area contributed by atoms with Crippen molar-refractivity contribution < 1.29 is 9.90 Å². The molecule has 0 bridgehead atoms. The average molecular weight is 401 g/mol. The number of nitrogens with zero attached hydrogens (tertiary/aromatic N) is 6. The maximum atomic E-state index is 12.2. The SMILES string of the molecule is O=C(CCCn1nnc(-c2ccccc2)n1)Nc1cnc(-c2cccc(O)c2)nc1. The van der Waals surface area contributed by atoms with Gasteiger partial charge in [-0.3, -0.25) is 4.79 Å². The van der Waals surface area contributed by atoms with Gasteiger partial charge in [-0.25, -0.2) is 9.97 Å². The van der Waals surface area contributed by atoms with E-state index in [1.807, 2.05) is 30.3 Å². The molecule has 2 heterocycles. The molecule has 0 fully saturated rings. The van der Waals surface area contributed by atoms with Crippen LogP contribution in [0.15, 0.2) is 67.0 Å². The lowest BCUT2D eigenvalue weighted by atomic mass is 10.2. The third-order valence-electron chi connectivity index (χ3n) is 4.29. The number of anilines is 1. The first-order chi connectivity index (χ1) is 14.7. The van der Waals surface area contributed by atoms with Gasteiger partial charge in [-0.1, -0.05) is 42.5 Å². The van der Waals surface area contributed by atoms with Gasteiger partial charge in [-0.15, -0.1) is 10.2 Å². The molecule has 0 aliphatic carbocycles. The Bertz CT molecular complexity index is 1130. The number of tetrazole rings is 1. The van der Waals surface area contributed by atoms with Crippen molar-refractivity contribution in [1.82, 2.24) is 30.2 Å². The molecule has 9 nitrogen and oxygen atoms in total. The molecule has 0 saturated carbocycles. The molecule has 4 rings (SSSR count). The molecule has 1 amide bonds. The van der Waals surface area contributed by atoms with Gasteiger partial charge in [0.05, 0.1) is 24.6 Å². The molecule has 9 heteroatoms. The minimum atomic E-state index is -0.146. The number of nitrogens with one attached hydrogen (secondary N) is 1. The Morgan fingerprint density at radius 3 is 2.50 bits per heavy atom. The van der Waals surface area contributed by atoms with Gasteiger partial charge in [0, 0.05) is 17.5 Å². The zero-order valence-electron chi connectivity index (χ0n) is 16.0. The van der Waals surface area contributed by atoms with Crippen LogP contribution in [0.2, 0.25) is 0 Å². The topological polar surface area (TPSA) is 119 Å². The molecule has 0 atom stereocenters. The molecule has 30 heavy (non-hydrogen) atoms. The van der Waals surface area contributed by atoms with Crippen molar-refractivity contribution in [2.45, 2.75) is 19.4 Å². The van der Waals surface area contributed by atoms with Gasteiger partial charge in [0.25, 0.3) is 0 Å². The van der Waals surface area contributed by atoms with Crippen LogP contribution in [-0.4, -0.2) is 41.2 Å². The Hall–Kier alpha value is -4.14. The van der Waals surface area contributed by atoms with Crippen LogP contribution in [0, 0.1) is 0 Å². The minimum absolute atomic E-state index is 0.145. The van der Waals surface area contributed by atoms with Gasteiger partial charge in [0.1, 0.15) is 5.75 Å². The van der Waals surface area contributed by atoms with Gasteiger partial charge >= 0.3 is 0 Å². The maximum Gasteiger partial charge on any atom is 0.224 e. The highest BCUT2D eigenvalue weighted by atomic mass is 16.3. The highest BCUT2D eigenvalue weighted by molar-refractivity contribution is 5.90. The van der Waals surface area contributed by atoms with E-state index in [1.54, 1.807) is 24.3 Å². The summed E-state index contributed by atoms with van der Waals surface area (Å²) in [6.07, 6.45) is 3.94. The summed E-state index contributed by atoms with van der Waals surface area (Å²) < 4.78 is 0. The zero-order valence-corrected chi connectivity index (χ0v) is 16.0. The molecule has 2 aromatic heterocycles. The van der Waals surface area contributed by atoms with Crippen LogP contribution < -0.4 is 5.32 Å². The summed E-state index contributed by atoms with van der Waals surface area (Å²) in [6, 6.07) is 16.3. The first-order valence-electron chi connectivity index (χ1n) is 9.42. The van der Waals surface area contributed by atoms with Crippen LogP contribution in [0.5, 0.6) is 5.75 Å². The maximum absolute atomic E-state index is 12.2. The second kappa shape index (κ2) is 8.91. The van der Waals surface area contributed by atoms with E-state index in [9.17, 15) is 9.90 Å². The van der Waals surface area contributed by atoms with Gasteiger partial charge in [0.2, 0.25) is 11.7 Å². The third-order valence-corrected chi connectivity index (χ3v) is 4.29. The number of carbonyl (C=O) groups excluding carboxylic acids is 1. The molecule has 0 aliphatic heterocycles. The van der Waals surface area contributed by atoms with E-state index in [4.69, 9.17) is 0 Å². The quantitative estimate of drug-likeness (QED) is 0.489. The normalized spacial score (nSPS) is 10.7. The van der Waals surface area contributed by atoms with E-state index >= 15 is 0 Å². The Balaban J connectivity index is 1.27. The number of aryl methyl sites for hydroxylation is 1. The molecule has 0 spiro atoms. The number of hydrogen-bond acceptors (Lipinski definition) is 7. The summed E-state index contributed by atoms with van der Waals surface area (Å²) in [5.74, 6) is 1.03. The lowest BCUT2D eigenvalue weighted by Gasteiger charge is -2.06. The van der Waals surface area contributed by atoms with Crippen LogP contribution >= 0.6 is 0 Å². The summed E-state index contributed by atoms with van der Waals surface area (Å²) in [7, 11) is 0. The summed E-state index contributed by atoms with van der Waals surface area (Å²) in [6.45, 7) is 0.486. The molecule has 150 valence electrons. The van der Waals surface area contributed by atoms with Crippen molar-refractivity contribution in [1.29, 1.82) is 0 Å². The van der Waals surface area contributed by atoms with Crippen LogP contribution in [0.3, 0.4) is 0 Å². The Labute approximate surface area is 172 Å². The van der Waals surface area contributed by atoms with Crippen molar-refractivity contribution in [3.8, 4) is 28.5 Å². The number of phenols is 1. The van der Waals surface area contributed by atoms with Crippen LogP contribution in [-0.2, 0) is 11.3 Å². The van der Waals surface area contributed by atoms with Crippen molar-refractivity contribution in [2.24, 2.45) is 0 Å². The number of aromatic hydroxyl groups is 1. The van der Waals surface area contributed by atoms with Gasteiger partial charge < -0.3 is 10.4 Å². The molecular weight excluding hydrogens is 382 g/mol. The first kappa shape index (κ1) is 19.2. The molecule has 0 unspecified atom stereocenters. The van der Waals surface area contributed by atoms with Gasteiger partial charge in [0.15, 0.2) is 5.82 Å². The fourth-order valence-electron chi connectivity index (χ4n) is 2.83. The number of aromatic nitrogens is 6. The van der Waals surface area contributed by atoms with Crippen molar-refractivity contribution in [3.05, 3.63) is 67.0 Å². The number of carbonyl (C=O) groups is 1. The second-order valence-corrected chi connectivity index (χ2v) is 6.57. The Kier molecular flexibility index (Phi) is 5.70. The number of benzene rings is 2. The van der Waals surface area contributed by atoms with Crippen LogP contribution in [0.25, 0.3) is 22.8 Å². The third kappa shape index (κ3) is 4.82. The van der Waals surface area contributed by atoms with E-state index in [1.165, 1.54) is 17.2 Å². The monoisotopic (exact) mass is 401 g/mol. The summed E-state index contributed by atoms with van der Waals surface area (Å²) in [5, 5.41) is 24.7. The lowest BCUT2D eigenvalue weighted by Crippen LogP contribution is -2.13. The summed E-state index contributed by atoms with van der Waals surface area (Å²) in [4.78, 5) is 22.1. The fraction of sp³-hybridized carbons (Fsp3) is 0.143. The predicted octanol–water partition coefficient (Wildman–Crippen LogP) is 2.92. The van der Waals surface area contributed by atoms with E-state index in [0.717, 1.165) is 5.56 Å². The van der Waals surface area contributed by atoms with E-state index < -0.39 is 0 Å². The number of amides is 1. The fourth-order valence-corrected chi connectivity index (χ4v) is 2.83. The van der Waals surface area contributed by atoms with E-state index in [0.29, 0.717) is 42.3 Å². The van der Waals surface area contributed by atoms with Crippen LogP contribution in [0.4, 0.5) is 5.69 Å². The van der Waals surface area contributed by atoms with Gasteiger partial charge in [-0.2, -0.15) is 4.80 Å². The minimum Gasteiger partial charge on any atom is -0.508 e. The van der Waals surface area contributed by atoms with E-state index in [-0.39, 0.29) is 11.7 Å². The van der Waals surface area contributed by atoms with Crippen molar-refractivity contribution in [3.63, 3.8) is 0 Å². The Morgan fingerprint density at radius 2 is 1.73 bits per heavy atom. The first-order valence-corrected chi connectivity index (χ1v) is 9.42. The molecular formula is C21H19N7O2. The second-order valence-electron chi connectivity index (χ2n) is 6.57. The highest BCUT2D eigenvalue weighted by Gasteiger charge is 2.08. The molecule has 2 aromatic carbocycles. The van der Waals surface area contributed by atoms with Crippen molar-refractivity contribution in [2.75, 3.05) is 5.32 Å². The average Bonchev–Trinajstić information content (AvgIpc) is 3.24.